The number of carbonyl (C=O) groups is 2. The first kappa shape index (κ1) is 13.8. The van der Waals surface area contributed by atoms with Crippen molar-refractivity contribution in [1.29, 1.82) is 0 Å². The van der Waals surface area contributed by atoms with Gasteiger partial charge in [0.25, 0.3) is 0 Å². The first-order valence-corrected chi connectivity index (χ1v) is 8.07. The van der Waals surface area contributed by atoms with Crippen LogP contribution in [0.1, 0.15) is 33.6 Å². The summed E-state index contributed by atoms with van der Waals surface area (Å²) in [6, 6.07) is 8.94. The Hall–Kier alpha value is -1.84. The third-order valence-electron chi connectivity index (χ3n) is 6.55. The molecule has 5 rings (SSSR count). The Morgan fingerprint density at radius 2 is 1.77 bits per heavy atom. The number of imide groups is 1. The zero-order chi connectivity index (χ0) is 15.7. The molecule has 4 heteroatoms. The molecule has 4 fully saturated rings. The fourth-order valence-corrected chi connectivity index (χ4v) is 5.10. The van der Waals surface area contributed by atoms with Gasteiger partial charge in [0.05, 0.1) is 17.1 Å². The summed E-state index contributed by atoms with van der Waals surface area (Å²) < 4.78 is 0. The van der Waals surface area contributed by atoms with Gasteiger partial charge in [-0.15, -0.1) is 0 Å². The van der Waals surface area contributed by atoms with Crippen molar-refractivity contribution in [2.75, 3.05) is 4.90 Å². The van der Waals surface area contributed by atoms with Crippen LogP contribution in [0.5, 0.6) is 0 Å². The summed E-state index contributed by atoms with van der Waals surface area (Å²) in [6.45, 7) is 6.61. The number of urea groups is 1. The number of benzene rings is 1. The lowest BCUT2D eigenvalue weighted by Crippen LogP contribution is -2.77. The molecular weight excluding hydrogens is 276 g/mol. The van der Waals surface area contributed by atoms with Gasteiger partial charge in [-0.05, 0) is 49.1 Å². The predicted octanol–water partition coefficient (Wildman–Crippen LogP) is 3.18. The number of nitrogens with one attached hydrogen (secondary N) is 1. The Bertz CT molecular complexity index is 654. The van der Waals surface area contributed by atoms with Gasteiger partial charge in [0.15, 0.2) is 0 Å². The summed E-state index contributed by atoms with van der Waals surface area (Å²) >= 11 is 0. The van der Waals surface area contributed by atoms with E-state index in [0.29, 0.717) is 17.5 Å². The van der Waals surface area contributed by atoms with Crippen molar-refractivity contribution in [3.8, 4) is 0 Å². The molecule has 3 amide bonds. The average molecular weight is 298 g/mol. The fourth-order valence-electron chi connectivity index (χ4n) is 5.10. The van der Waals surface area contributed by atoms with E-state index in [1.165, 1.54) is 4.90 Å². The summed E-state index contributed by atoms with van der Waals surface area (Å²) in [5.74, 6) is 0.826. The Morgan fingerprint density at radius 1 is 1.09 bits per heavy atom. The van der Waals surface area contributed by atoms with E-state index in [9.17, 15) is 9.59 Å². The van der Waals surface area contributed by atoms with Gasteiger partial charge in [-0.3, -0.25) is 4.79 Å². The Kier molecular flexibility index (Phi) is 2.58. The van der Waals surface area contributed by atoms with E-state index < -0.39 is 5.54 Å². The number of nitrogens with zero attached hydrogens (tertiary/aromatic N) is 1. The summed E-state index contributed by atoms with van der Waals surface area (Å²) in [6.07, 6.45) is 2.00. The van der Waals surface area contributed by atoms with Crippen molar-refractivity contribution in [2.45, 2.75) is 39.2 Å². The van der Waals surface area contributed by atoms with Crippen LogP contribution in [-0.2, 0) is 4.79 Å². The molecule has 1 aromatic carbocycles. The molecule has 0 unspecified atom stereocenters. The molecule has 22 heavy (non-hydrogen) atoms. The lowest BCUT2D eigenvalue weighted by Gasteiger charge is -2.68. The molecule has 1 saturated heterocycles. The minimum absolute atomic E-state index is 0.0392. The minimum Gasteiger partial charge on any atom is -0.331 e. The molecular formula is C18H22N2O2. The smallest absolute Gasteiger partial charge is 0.329 e. The van der Waals surface area contributed by atoms with Crippen molar-refractivity contribution in [2.24, 2.45) is 23.2 Å². The van der Waals surface area contributed by atoms with Crippen LogP contribution in [0.3, 0.4) is 0 Å². The van der Waals surface area contributed by atoms with E-state index in [0.717, 1.165) is 12.8 Å². The third-order valence-corrected chi connectivity index (χ3v) is 6.55. The molecule has 1 aromatic rings. The van der Waals surface area contributed by atoms with Gasteiger partial charge in [0.2, 0.25) is 5.91 Å². The van der Waals surface area contributed by atoms with E-state index >= 15 is 0 Å². The normalized spacial score (nSPS) is 38.9. The van der Waals surface area contributed by atoms with Crippen LogP contribution in [-0.4, -0.2) is 17.5 Å². The molecule has 116 valence electrons. The maximum Gasteiger partial charge on any atom is 0.329 e. The molecule has 2 bridgehead atoms. The van der Waals surface area contributed by atoms with Gasteiger partial charge in [0.1, 0.15) is 0 Å². The highest BCUT2D eigenvalue weighted by Gasteiger charge is 2.67. The molecule has 3 saturated carbocycles. The van der Waals surface area contributed by atoms with Gasteiger partial charge in [0, 0.05) is 0 Å². The van der Waals surface area contributed by atoms with Crippen molar-refractivity contribution >= 4 is 17.6 Å². The molecule has 1 N–H and O–H groups in total. The van der Waals surface area contributed by atoms with Gasteiger partial charge < -0.3 is 5.32 Å². The minimum atomic E-state index is -0.405. The molecule has 4 nitrogen and oxygen atoms in total. The van der Waals surface area contributed by atoms with E-state index in [1.54, 1.807) is 0 Å². The number of hydrogen-bond acceptors (Lipinski definition) is 2. The van der Waals surface area contributed by atoms with Gasteiger partial charge in [-0.1, -0.05) is 32.0 Å². The second-order valence-electron chi connectivity index (χ2n) is 7.82. The fraction of sp³-hybridized carbons (Fsp3) is 0.556. The summed E-state index contributed by atoms with van der Waals surface area (Å²) in [4.78, 5) is 27.0. The van der Waals surface area contributed by atoms with Crippen molar-refractivity contribution in [1.82, 2.24) is 5.32 Å². The quantitative estimate of drug-likeness (QED) is 0.865. The van der Waals surface area contributed by atoms with Crippen LogP contribution in [0.4, 0.5) is 10.5 Å². The highest BCUT2D eigenvalue weighted by atomic mass is 16.2. The van der Waals surface area contributed by atoms with Crippen molar-refractivity contribution in [3.63, 3.8) is 0 Å². The first-order valence-electron chi connectivity index (χ1n) is 8.07. The second-order valence-corrected chi connectivity index (χ2v) is 7.82. The van der Waals surface area contributed by atoms with E-state index in [2.05, 4.69) is 26.1 Å². The predicted molar refractivity (Wildman–Crippen MR) is 84.3 cm³/mol. The van der Waals surface area contributed by atoms with Gasteiger partial charge in [-0.2, -0.15) is 0 Å². The summed E-state index contributed by atoms with van der Waals surface area (Å²) in [5, 5.41) is 3.18. The number of hydrogen-bond donors (Lipinski definition) is 1. The molecule has 0 spiro atoms. The van der Waals surface area contributed by atoms with Crippen LogP contribution in [0, 0.1) is 23.2 Å². The van der Waals surface area contributed by atoms with Crippen LogP contribution in [0.2, 0.25) is 0 Å². The second kappa shape index (κ2) is 4.12. The Labute approximate surface area is 130 Å². The average Bonchev–Trinajstić information content (AvgIpc) is 2.46. The SMILES string of the molecule is CC1(C)[C@@H]2C[C@H]3C(=O)N(c4ccccc4)C(=O)N[C@@]3(C)[C@H]1C2. The monoisotopic (exact) mass is 298 g/mol. The Balaban J connectivity index is 1.72. The lowest BCUT2D eigenvalue weighted by atomic mass is 9.40. The van der Waals surface area contributed by atoms with Crippen molar-refractivity contribution in [3.05, 3.63) is 30.3 Å². The number of amides is 3. The molecule has 4 atom stereocenters. The lowest BCUT2D eigenvalue weighted by molar-refractivity contribution is -0.166. The summed E-state index contributed by atoms with van der Waals surface area (Å²) in [7, 11) is 0. The zero-order valence-electron chi connectivity index (χ0n) is 13.3. The van der Waals surface area contributed by atoms with Crippen LogP contribution in [0.25, 0.3) is 0 Å². The van der Waals surface area contributed by atoms with E-state index in [-0.39, 0.29) is 23.3 Å². The molecule has 3 aliphatic carbocycles. The number of carbonyl (C=O) groups excluding carboxylic acids is 2. The van der Waals surface area contributed by atoms with E-state index in [4.69, 9.17) is 0 Å². The number of para-hydroxylation sites is 1. The molecule has 0 aromatic heterocycles. The molecule has 4 aliphatic rings. The molecule has 0 radical (unpaired) electrons. The largest absolute Gasteiger partial charge is 0.331 e. The van der Waals surface area contributed by atoms with Crippen LogP contribution >= 0.6 is 0 Å². The Morgan fingerprint density at radius 3 is 2.41 bits per heavy atom. The van der Waals surface area contributed by atoms with Gasteiger partial charge in [-0.25, -0.2) is 9.69 Å². The van der Waals surface area contributed by atoms with Crippen LogP contribution in [0.15, 0.2) is 30.3 Å². The first-order chi connectivity index (χ1) is 10.4. The molecule has 1 heterocycles. The van der Waals surface area contributed by atoms with Gasteiger partial charge >= 0.3 is 6.03 Å². The van der Waals surface area contributed by atoms with Crippen molar-refractivity contribution < 1.29 is 9.59 Å². The third kappa shape index (κ3) is 1.53. The summed E-state index contributed by atoms with van der Waals surface area (Å²) in [5.41, 5.74) is 0.469. The maximum absolute atomic E-state index is 13.0. The topological polar surface area (TPSA) is 49.4 Å². The van der Waals surface area contributed by atoms with E-state index in [1.807, 2.05) is 30.3 Å². The standard InChI is InChI=1S/C18H22N2O2/c1-17(2)11-9-13-15(21)20(12-7-5-4-6-8-12)16(22)19-18(13,3)14(17)10-11/h4-8,11,13-14H,9-10H2,1-3H3,(H,19,22)/t11-,13+,14+,18-/m1/s1. The molecule has 1 aliphatic heterocycles. The maximum atomic E-state index is 13.0. The highest BCUT2D eigenvalue weighted by Crippen LogP contribution is 2.65. The highest BCUT2D eigenvalue weighted by molar-refractivity contribution is 6.17. The van der Waals surface area contributed by atoms with Crippen LogP contribution < -0.4 is 10.2 Å². The number of rotatable bonds is 1. The zero-order valence-corrected chi connectivity index (χ0v) is 13.3. The number of anilines is 1.